The fourth-order valence-electron chi connectivity index (χ4n) is 3.09. The fraction of sp³-hybridized carbons (Fsp3) is 0.238. The molecule has 1 unspecified atom stereocenters. The topological polar surface area (TPSA) is 99.1 Å². The number of hydrogen-bond donors (Lipinski definition) is 2. The molecule has 2 amide bonds. The number of carbonyl (C=O) groups excluding carboxylic acids is 2. The van der Waals surface area contributed by atoms with Gasteiger partial charge in [-0.25, -0.2) is 5.01 Å². The van der Waals surface area contributed by atoms with Gasteiger partial charge in [-0.3, -0.25) is 14.4 Å². The number of rotatable bonds is 7. The molecule has 0 radical (unpaired) electrons. The van der Waals surface area contributed by atoms with Crippen molar-refractivity contribution in [1.82, 2.24) is 5.32 Å². The Morgan fingerprint density at radius 3 is 2.48 bits per heavy atom. The lowest BCUT2D eigenvalue weighted by molar-refractivity contribution is -0.137. The van der Waals surface area contributed by atoms with E-state index < -0.39 is 17.9 Å². The molecule has 0 saturated heterocycles. The van der Waals surface area contributed by atoms with Crippen LogP contribution in [0.25, 0.3) is 0 Å². The Bertz CT molecular complexity index is 972. The number of hydrazone groups is 1. The second-order valence-electron chi connectivity index (χ2n) is 6.83. The van der Waals surface area contributed by atoms with Crippen LogP contribution in [0, 0.1) is 0 Å². The summed E-state index contributed by atoms with van der Waals surface area (Å²) in [7, 11) is 0. The van der Waals surface area contributed by atoms with E-state index >= 15 is 0 Å². The van der Waals surface area contributed by atoms with Gasteiger partial charge in [0, 0.05) is 22.3 Å². The van der Waals surface area contributed by atoms with Gasteiger partial charge in [-0.05, 0) is 49.2 Å². The van der Waals surface area contributed by atoms with Gasteiger partial charge in [-0.15, -0.1) is 0 Å². The van der Waals surface area contributed by atoms with E-state index in [-0.39, 0.29) is 18.7 Å². The number of carbonyl (C=O) groups is 3. The first-order valence-corrected chi connectivity index (χ1v) is 9.44. The first-order valence-electron chi connectivity index (χ1n) is 9.06. The minimum atomic E-state index is -1.02. The van der Waals surface area contributed by atoms with Crippen molar-refractivity contribution in [3.63, 3.8) is 0 Å². The molecule has 0 saturated carbocycles. The number of nitrogens with zero attached hydrogens (tertiary/aromatic N) is 2. The standard InChI is InChI=1S/C21H20ClN3O4/c1-13-10-19(26)25(24-13)17-8-6-14(7-9-17)21(29)23-16(12-20(27)28)11-15-4-2-3-5-18(15)22/h2-9,16H,10-12H2,1H3,(H,23,29)(H,27,28). The molecule has 1 heterocycles. The summed E-state index contributed by atoms with van der Waals surface area (Å²) >= 11 is 6.16. The largest absolute Gasteiger partial charge is 0.481 e. The predicted molar refractivity (Wildman–Crippen MR) is 110 cm³/mol. The number of benzene rings is 2. The molecule has 1 atom stereocenters. The van der Waals surface area contributed by atoms with Crippen LogP contribution in [0.1, 0.15) is 35.7 Å². The highest BCUT2D eigenvalue weighted by atomic mass is 35.5. The van der Waals surface area contributed by atoms with Gasteiger partial charge in [0.25, 0.3) is 11.8 Å². The minimum Gasteiger partial charge on any atom is -0.481 e. The highest BCUT2D eigenvalue weighted by Gasteiger charge is 2.23. The van der Waals surface area contributed by atoms with Gasteiger partial charge in [0.1, 0.15) is 0 Å². The molecule has 2 aromatic rings. The summed E-state index contributed by atoms with van der Waals surface area (Å²) in [5.74, 6) is -1.54. The van der Waals surface area contributed by atoms with Gasteiger partial charge in [0.15, 0.2) is 0 Å². The molecule has 0 spiro atoms. The highest BCUT2D eigenvalue weighted by molar-refractivity contribution is 6.31. The van der Waals surface area contributed by atoms with Gasteiger partial charge in [-0.1, -0.05) is 29.8 Å². The number of carboxylic acid groups (broad SMARTS) is 1. The molecule has 29 heavy (non-hydrogen) atoms. The van der Waals surface area contributed by atoms with Crippen molar-refractivity contribution in [2.45, 2.75) is 32.2 Å². The van der Waals surface area contributed by atoms with Crippen LogP contribution in [0.15, 0.2) is 53.6 Å². The summed E-state index contributed by atoms with van der Waals surface area (Å²) in [5, 5.41) is 17.9. The average Bonchev–Trinajstić information content (AvgIpc) is 3.01. The van der Waals surface area contributed by atoms with Gasteiger partial charge < -0.3 is 10.4 Å². The Kier molecular flexibility index (Phi) is 6.29. The van der Waals surface area contributed by atoms with E-state index in [0.29, 0.717) is 22.7 Å². The maximum Gasteiger partial charge on any atom is 0.305 e. The quantitative estimate of drug-likeness (QED) is 0.727. The summed E-state index contributed by atoms with van der Waals surface area (Å²) < 4.78 is 0. The average molecular weight is 414 g/mol. The second-order valence-corrected chi connectivity index (χ2v) is 7.24. The molecular formula is C21H20ClN3O4. The lowest BCUT2D eigenvalue weighted by atomic mass is 10.0. The third kappa shape index (κ3) is 5.20. The van der Waals surface area contributed by atoms with Crippen LogP contribution < -0.4 is 10.3 Å². The Balaban J connectivity index is 1.71. The van der Waals surface area contributed by atoms with E-state index in [2.05, 4.69) is 10.4 Å². The van der Waals surface area contributed by atoms with Crippen LogP contribution in [0.2, 0.25) is 5.02 Å². The van der Waals surface area contributed by atoms with Crippen molar-refractivity contribution >= 4 is 40.8 Å². The summed E-state index contributed by atoms with van der Waals surface area (Å²) in [5.41, 5.74) is 2.42. The molecular weight excluding hydrogens is 394 g/mol. The summed E-state index contributed by atoms with van der Waals surface area (Å²) in [6.07, 6.45) is 0.346. The Morgan fingerprint density at radius 2 is 1.90 bits per heavy atom. The third-order valence-electron chi connectivity index (χ3n) is 4.47. The zero-order valence-electron chi connectivity index (χ0n) is 15.8. The van der Waals surface area contributed by atoms with Gasteiger partial charge in [-0.2, -0.15) is 5.10 Å². The van der Waals surface area contributed by atoms with Crippen LogP contribution >= 0.6 is 11.6 Å². The zero-order valence-corrected chi connectivity index (χ0v) is 16.5. The van der Waals surface area contributed by atoms with Crippen LogP contribution in [-0.4, -0.2) is 34.6 Å². The van der Waals surface area contributed by atoms with Crippen LogP contribution in [-0.2, 0) is 16.0 Å². The van der Waals surface area contributed by atoms with E-state index in [1.54, 1.807) is 49.4 Å². The number of carboxylic acids is 1. The van der Waals surface area contributed by atoms with Gasteiger partial charge in [0.2, 0.25) is 0 Å². The molecule has 0 fully saturated rings. The van der Waals surface area contributed by atoms with E-state index in [1.807, 2.05) is 6.07 Å². The monoisotopic (exact) mass is 413 g/mol. The molecule has 150 valence electrons. The molecule has 8 heteroatoms. The Hall–Kier alpha value is -3.19. The minimum absolute atomic E-state index is 0.124. The zero-order chi connectivity index (χ0) is 21.0. The van der Waals surface area contributed by atoms with E-state index in [0.717, 1.165) is 11.3 Å². The number of anilines is 1. The molecule has 7 nitrogen and oxygen atoms in total. The summed E-state index contributed by atoms with van der Waals surface area (Å²) in [6, 6.07) is 12.9. The lowest BCUT2D eigenvalue weighted by Crippen LogP contribution is -2.38. The molecule has 0 aliphatic carbocycles. The van der Waals surface area contributed by atoms with Crippen LogP contribution in [0.5, 0.6) is 0 Å². The van der Waals surface area contributed by atoms with Crippen molar-refractivity contribution in [3.8, 4) is 0 Å². The summed E-state index contributed by atoms with van der Waals surface area (Å²) in [4.78, 5) is 35.8. The molecule has 1 aliphatic rings. The Labute approximate surface area is 173 Å². The van der Waals surface area contributed by atoms with Crippen molar-refractivity contribution in [3.05, 3.63) is 64.7 Å². The predicted octanol–water partition coefficient (Wildman–Crippen LogP) is 3.27. The SMILES string of the molecule is CC1=NN(c2ccc(C(=O)NC(CC(=O)O)Cc3ccccc3Cl)cc2)C(=O)C1. The molecule has 2 N–H and O–H groups in total. The van der Waals surface area contributed by atoms with Crippen molar-refractivity contribution < 1.29 is 19.5 Å². The number of hydrogen-bond acceptors (Lipinski definition) is 4. The number of amides is 2. The first-order chi connectivity index (χ1) is 13.8. The molecule has 1 aliphatic heterocycles. The number of halogens is 1. The summed E-state index contributed by atoms with van der Waals surface area (Å²) in [6.45, 7) is 1.78. The maximum absolute atomic E-state index is 12.6. The van der Waals surface area contributed by atoms with Crippen LogP contribution in [0.3, 0.4) is 0 Å². The van der Waals surface area contributed by atoms with Crippen molar-refractivity contribution in [2.75, 3.05) is 5.01 Å². The number of nitrogens with one attached hydrogen (secondary N) is 1. The third-order valence-corrected chi connectivity index (χ3v) is 4.84. The molecule has 0 bridgehead atoms. The maximum atomic E-state index is 12.6. The number of aliphatic carboxylic acids is 1. The van der Waals surface area contributed by atoms with Crippen molar-refractivity contribution in [2.24, 2.45) is 5.10 Å². The van der Waals surface area contributed by atoms with Gasteiger partial charge >= 0.3 is 5.97 Å². The molecule has 3 rings (SSSR count). The fourth-order valence-corrected chi connectivity index (χ4v) is 3.31. The van der Waals surface area contributed by atoms with E-state index in [9.17, 15) is 19.5 Å². The van der Waals surface area contributed by atoms with Gasteiger partial charge in [0.05, 0.1) is 18.5 Å². The van der Waals surface area contributed by atoms with Crippen LogP contribution in [0.4, 0.5) is 5.69 Å². The van der Waals surface area contributed by atoms with Crippen molar-refractivity contribution in [1.29, 1.82) is 0 Å². The lowest BCUT2D eigenvalue weighted by Gasteiger charge is -2.18. The highest BCUT2D eigenvalue weighted by Crippen LogP contribution is 2.21. The smallest absolute Gasteiger partial charge is 0.305 e. The van der Waals surface area contributed by atoms with E-state index in [4.69, 9.17) is 11.6 Å². The Morgan fingerprint density at radius 1 is 1.21 bits per heavy atom. The molecule has 2 aromatic carbocycles. The molecule has 0 aromatic heterocycles. The second kappa shape index (κ2) is 8.87. The van der Waals surface area contributed by atoms with E-state index in [1.165, 1.54) is 5.01 Å². The first kappa shape index (κ1) is 20.5. The normalized spacial score (nSPS) is 14.5.